The molecule has 0 unspecified atom stereocenters. The van der Waals surface area contributed by atoms with Gasteiger partial charge in [0, 0.05) is 23.2 Å². The molecule has 0 bridgehead atoms. The Balaban J connectivity index is 1.57. The summed E-state index contributed by atoms with van der Waals surface area (Å²) in [4.78, 5) is 30.9. The zero-order valence-corrected chi connectivity index (χ0v) is 17.7. The lowest BCUT2D eigenvalue weighted by atomic mass is 9.82. The van der Waals surface area contributed by atoms with Crippen molar-refractivity contribution in [2.45, 2.75) is 26.3 Å². The molecule has 0 atom stereocenters. The molecule has 5 rings (SSSR count). The number of furan rings is 1. The van der Waals surface area contributed by atoms with Gasteiger partial charge in [-0.05, 0) is 69.4 Å². The summed E-state index contributed by atoms with van der Waals surface area (Å²) in [6.45, 7) is 5.64. The van der Waals surface area contributed by atoms with Crippen LogP contribution in [0.1, 0.15) is 44.0 Å². The molecule has 154 valence electrons. The van der Waals surface area contributed by atoms with E-state index in [0.717, 1.165) is 65.7 Å². The maximum absolute atomic E-state index is 13.2. The van der Waals surface area contributed by atoms with Gasteiger partial charge in [0.25, 0.3) is 0 Å². The fourth-order valence-corrected chi connectivity index (χ4v) is 4.86. The Labute approximate surface area is 176 Å². The van der Waals surface area contributed by atoms with E-state index < -0.39 is 11.6 Å². The van der Waals surface area contributed by atoms with E-state index in [-0.39, 0.29) is 0 Å². The molecule has 0 spiro atoms. The van der Waals surface area contributed by atoms with E-state index in [9.17, 15) is 9.59 Å². The van der Waals surface area contributed by atoms with E-state index in [2.05, 4.69) is 23.9 Å². The molecule has 2 aliphatic rings. The summed E-state index contributed by atoms with van der Waals surface area (Å²) in [5.74, 6) is 0.593. The molecule has 2 aromatic carbocycles. The van der Waals surface area contributed by atoms with Crippen molar-refractivity contribution in [2.75, 3.05) is 33.7 Å². The number of carbonyl (C=O) groups excluding carboxylic acids is 2. The Morgan fingerprint density at radius 2 is 1.83 bits per heavy atom. The number of hydrogen-bond acceptors (Lipinski definition) is 5. The van der Waals surface area contributed by atoms with Crippen molar-refractivity contribution in [3.8, 4) is 11.3 Å². The highest BCUT2D eigenvalue weighted by atomic mass is 16.3. The molecule has 0 saturated heterocycles. The van der Waals surface area contributed by atoms with Crippen molar-refractivity contribution >= 4 is 22.3 Å². The molecule has 1 aromatic heterocycles. The van der Waals surface area contributed by atoms with E-state index in [4.69, 9.17) is 4.42 Å². The predicted molar refractivity (Wildman–Crippen MR) is 117 cm³/mol. The lowest BCUT2D eigenvalue weighted by Gasteiger charge is -2.26. The zero-order valence-electron chi connectivity index (χ0n) is 17.7. The second-order valence-electron chi connectivity index (χ2n) is 8.71. The van der Waals surface area contributed by atoms with Crippen LogP contribution in [0.5, 0.6) is 0 Å². The molecule has 0 N–H and O–H groups in total. The Bertz CT molecular complexity index is 1190. The van der Waals surface area contributed by atoms with Crippen molar-refractivity contribution in [3.05, 3.63) is 58.3 Å². The SMILES string of the molecule is Cc1cccc2c3c(ccc12)-c1oc2c(c1C(=O)C3=O)CCN(CCCN(C)C)C2. The fourth-order valence-electron chi connectivity index (χ4n) is 4.86. The molecule has 0 radical (unpaired) electrons. The van der Waals surface area contributed by atoms with Gasteiger partial charge in [-0.2, -0.15) is 0 Å². The van der Waals surface area contributed by atoms with Crippen LogP contribution in [0.15, 0.2) is 34.7 Å². The quantitative estimate of drug-likeness (QED) is 0.615. The first-order valence-corrected chi connectivity index (χ1v) is 10.6. The number of hydrogen-bond donors (Lipinski definition) is 0. The largest absolute Gasteiger partial charge is 0.459 e. The molecule has 3 aromatic rings. The van der Waals surface area contributed by atoms with E-state index in [1.54, 1.807) is 0 Å². The van der Waals surface area contributed by atoms with Gasteiger partial charge in [0.05, 0.1) is 12.1 Å². The molecular weight excluding hydrogens is 376 g/mol. The van der Waals surface area contributed by atoms with Crippen LogP contribution in [0, 0.1) is 6.92 Å². The molecule has 1 aliphatic heterocycles. The first-order valence-electron chi connectivity index (χ1n) is 10.6. The second-order valence-corrected chi connectivity index (χ2v) is 8.71. The van der Waals surface area contributed by atoms with Gasteiger partial charge in [-0.3, -0.25) is 14.5 Å². The van der Waals surface area contributed by atoms with Gasteiger partial charge in [-0.15, -0.1) is 0 Å². The normalized spacial score (nSPS) is 16.1. The Kier molecular flexibility index (Phi) is 4.60. The fraction of sp³-hybridized carbons (Fsp3) is 0.360. The highest BCUT2D eigenvalue weighted by molar-refractivity contribution is 6.54. The summed E-state index contributed by atoms with van der Waals surface area (Å²) in [6, 6.07) is 9.85. The van der Waals surface area contributed by atoms with Crippen LogP contribution in [-0.2, 0) is 13.0 Å². The zero-order chi connectivity index (χ0) is 21.0. The van der Waals surface area contributed by atoms with Crippen LogP contribution < -0.4 is 0 Å². The number of benzene rings is 2. The monoisotopic (exact) mass is 402 g/mol. The minimum atomic E-state index is -0.419. The first-order chi connectivity index (χ1) is 14.5. The second kappa shape index (κ2) is 7.18. The third-order valence-corrected chi connectivity index (χ3v) is 6.40. The van der Waals surface area contributed by atoms with Gasteiger partial charge in [0.2, 0.25) is 11.6 Å². The molecule has 1 aliphatic carbocycles. The molecule has 2 heterocycles. The number of rotatable bonds is 4. The number of fused-ring (bicyclic) bond motifs is 7. The Morgan fingerprint density at radius 3 is 2.63 bits per heavy atom. The van der Waals surface area contributed by atoms with Gasteiger partial charge in [0.15, 0.2) is 0 Å². The van der Waals surface area contributed by atoms with E-state index in [1.807, 2.05) is 37.3 Å². The molecule has 30 heavy (non-hydrogen) atoms. The third-order valence-electron chi connectivity index (χ3n) is 6.40. The minimum Gasteiger partial charge on any atom is -0.459 e. The number of Topliss-reactive ketones (excluding diaryl/α,β-unsaturated/α-hetero) is 2. The summed E-state index contributed by atoms with van der Waals surface area (Å²) in [5.41, 5.74) is 3.77. The average molecular weight is 402 g/mol. The molecule has 0 fully saturated rings. The van der Waals surface area contributed by atoms with E-state index >= 15 is 0 Å². The molecular formula is C25H26N2O3. The lowest BCUT2D eigenvalue weighted by Crippen LogP contribution is -2.33. The highest BCUT2D eigenvalue weighted by Gasteiger charge is 2.39. The van der Waals surface area contributed by atoms with Gasteiger partial charge in [-0.25, -0.2) is 0 Å². The Hall–Kier alpha value is -2.76. The van der Waals surface area contributed by atoms with Crippen LogP contribution in [0.25, 0.3) is 22.1 Å². The molecule has 5 nitrogen and oxygen atoms in total. The van der Waals surface area contributed by atoms with Crippen LogP contribution in [0.4, 0.5) is 0 Å². The van der Waals surface area contributed by atoms with Gasteiger partial charge >= 0.3 is 0 Å². The number of nitrogens with zero attached hydrogens (tertiary/aromatic N) is 2. The highest BCUT2D eigenvalue weighted by Crippen LogP contribution is 2.43. The summed E-state index contributed by atoms with van der Waals surface area (Å²) >= 11 is 0. The smallest absolute Gasteiger partial charge is 0.237 e. The standard InChI is InChI=1S/C25H26N2O3/c1-15-6-4-7-17-16(15)8-9-19-21(17)23(28)24(29)22-18-10-13-27(12-5-11-26(2)3)14-20(18)30-25(19)22/h4,6-9H,5,10-14H2,1-3H3. The summed E-state index contributed by atoms with van der Waals surface area (Å²) in [5, 5.41) is 1.83. The molecule has 0 amide bonds. The lowest BCUT2D eigenvalue weighted by molar-refractivity contribution is 0.0815. The van der Waals surface area contributed by atoms with Crippen molar-refractivity contribution in [3.63, 3.8) is 0 Å². The number of aryl methyl sites for hydroxylation is 1. The van der Waals surface area contributed by atoms with E-state index in [1.165, 1.54) is 0 Å². The minimum absolute atomic E-state index is 0.411. The molecule has 0 saturated carbocycles. The Morgan fingerprint density at radius 1 is 1.03 bits per heavy atom. The summed E-state index contributed by atoms with van der Waals surface area (Å²) < 4.78 is 6.29. The van der Waals surface area contributed by atoms with Crippen LogP contribution >= 0.6 is 0 Å². The van der Waals surface area contributed by atoms with Crippen LogP contribution in [0.3, 0.4) is 0 Å². The van der Waals surface area contributed by atoms with E-state index in [0.29, 0.717) is 23.4 Å². The van der Waals surface area contributed by atoms with Crippen LogP contribution in [-0.4, -0.2) is 55.1 Å². The summed E-state index contributed by atoms with van der Waals surface area (Å²) in [7, 11) is 4.17. The van der Waals surface area contributed by atoms with Crippen molar-refractivity contribution in [2.24, 2.45) is 0 Å². The van der Waals surface area contributed by atoms with Crippen molar-refractivity contribution in [1.82, 2.24) is 9.80 Å². The predicted octanol–water partition coefficient (Wildman–Crippen LogP) is 4.10. The molecule has 5 heteroatoms. The van der Waals surface area contributed by atoms with Crippen molar-refractivity contribution in [1.29, 1.82) is 0 Å². The number of carbonyl (C=O) groups is 2. The van der Waals surface area contributed by atoms with Crippen molar-refractivity contribution < 1.29 is 14.0 Å². The average Bonchev–Trinajstić information content (AvgIpc) is 3.10. The first kappa shape index (κ1) is 19.2. The maximum Gasteiger partial charge on any atom is 0.237 e. The van der Waals surface area contributed by atoms with Gasteiger partial charge < -0.3 is 9.32 Å². The number of ketones is 2. The van der Waals surface area contributed by atoms with Gasteiger partial charge in [0.1, 0.15) is 11.5 Å². The summed E-state index contributed by atoms with van der Waals surface area (Å²) in [6.07, 6.45) is 1.84. The topological polar surface area (TPSA) is 53.8 Å². The van der Waals surface area contributed by atoms with Crippen LogP contribution in [0.2, 0.25) is 0 Å². The maximum atomic E-state index is 13.2. The van der Waals surface area contributed by atoms with Gasteiger partial charge in [-0.1, -0.05) is 24.3 Å². The third kappa shape index (κ3) is 2.92.